The first-order valence-corrected chi connectivity index (χ1v) is 12.9. The third-order valence-corrected chi connectivity index (χ3v) is 7.67. The Labute approximate surface area is 216 Å². The number of rotatable bonds is 8. The lowest BCUT2D eigenvalue weighted by Gasteiger charge is -2.29. The Bertz CT molecular complexity index is 1380. The molecule has 2 aliphatic rings. The van der Waals surface area contributed by atoms with Crippen LogP contribution in [0.4, 0.5) is 0 Å². The molecule has 0 saturated heterocycles. The second kappa shape index (κ2) is 10.2. The van der Waals surface area contributed by atoms with E-state index in [1.165, 1.54) is 34.1 Å². The Hall–Kier alpha value is -3.90. The molecule has 6 nitrogen and oxygen atoms in total. The molecule has 1 aliphatic heterocycles. The normalized spacial score (nSPS) is 17.7. The number of carbonyl (C=O) groups is 1. The van der Waals surface area contributed by atoms with Gasteiger partial charge in [-0.25, -0.2) is 0 Å². The van der Waals surface area contributed by atoms with Gasteiger partial charge in [0, 0.05) is 31.6 Å². The van der Waals surface area contributed by atoms with Gasteiger partial charge >= 0.3 is 5.97 Å². The van der Waals surface area contributed by atoms with Crippen molar-refractivity contribution in [3.8, 4) is 5.75 Å². The number of ether oxygens (including phenoxy) is 1. The van der Waals surface area contributed by atoms with Crippen molar-refractivity contribution in [2.24, 2.45) is 0 Å². The molecule has 188 valence electrons. The Morgan fingerprint density at radius 2 is 1.86 bits per heavy atom. The maximum atomic E-state index is 11.4. The fourth-order valence-electron chi connectivity index (χ4n) is 5.80. The minimum Gasteiger partial charge on any atom is -0.486 e. The topological polar surface area (TPSA) is 75.8 Å². The molecule has 0 fully saturated rings. The SMILES string of the molecule is O=C(O)C[C@@H](c1ccc(O[C@@H]2CCc3c(CN4CCc5ccccc5C4)cccc32)cc1)c1ccon1. The Kier molecular flexibility index (Phi) is 6.49. The fourth-order valence-corrected chi connectivity index (χ4v) is 5.80. The molecule has 1 N–H and O–H groups in total. The van der Waals surface area contributed by atoms with Crippen LogP contribution >= 0.6 is 0 Å². The smallest absolute Gasteiger partial charge is 0.304 e. The molecule has 0 unspecified atom stereocenters. The summed E-state index contributed by atoms with van der Waals surface area (Å²) in [7, 11) is 0. The number of fused-ring (bicyclic) bond motifs is 2. The summed E-state index contributed by atoms with van der Waals surface area (Å²) in [6, 6.07) is 24.8. The summed E-state index contributed by atoms with van der Waals surface area (Å²) in [4.78, 5) is 14.0. The summed E-state index contributed by atoms with van der Waals surface area (Å²) in [5.74, 6) is -0.448. The van der Waals surface area contributed by atoms with Gasteiger partial charge < -0.3 is 14.4 Å². The van der Waals surface area contributed by atoms with Gasteiger partial charge in [-0.1, -0.05) is 59.8 Å². The number of carboxylic acids is 1. The molecule has 2 atom stereocenters. The van der Waals surface area contributed by atoms with E-state index < -0.39 is 5.97 Å². The van der Waals surface area contributed by atoms with E-state index >= 15 is 0 Å². The van der Waals surface area contributed by atoms with E-state index in [-0.39, 0.29) is 18.4 Å². The quantitative estimate of drug-likeness (QED) is 0.328. The summed E-state index contributed by atoms with van der Waals surface area (Å²) in [5, 5.41) is 13.3. The lowest BCUT2D eigenvalue weighted by molar-refractivity contribution is -0.137. The first-order valence-electron chi connectivity index (χ1n) is 12.9. The molecular weight excluding hydrogens is 464 g/mol. The van der Waals surface area contributed by atoms with Crippen LogP contribution in [0.2, 0.25) is 0 Å². The summed E-state index contributed by atoms with van der Waals surface area (Å²) < 4.78 is 11.4. The summed E-state index contributed by atoms with van der Waals surface area (Å²) in [5.41, 5.74) is 8.53. The highest BCUT2D eigenvalue weighted by atomic mass is 16.5. The van der Waals surface area contributed by atoms with Crippen molar-refractivity contribution in [1.29, 1.82) is 0 Å². The summed E-state index contributed by atoms with van der Waals surface area (Å²) in [6.07, 6.45) is 4.53. The average molecular weight is 495 g/mol. The van der Waals surface area contributed by atoms with E-state index in [0.29, 0.717) is 5.69 Å². The van der Waals surface area contributed by atoms with Gasteiger partial charge in [-0.15, -0.1) is 0 Å². The van der Waals surface area contributed by atoms with Crippen molar-refractivity contribution in [1.82, 2.24) is 10.1 Å². The van der Waals surface area contributed by atoms with Crippen LogP contribution in [0.5, 0.6) is 5.75 Å². The molecule has 0 bridgehead atoms. The van der Waals surface area contributed by atoms with E-state index in [4.69, 9.17) is 9.26 Å². The number of nitrogens with zero attached hydrogens (tertiary/aromatic N) is 2. The largest absolute Gasteiger partial charge is 0.486 e. The van der Waals surface area contributed by atoms with Gasteiger partial charge in [0.05, 0.1) is 12.1 Å². The highest BCUT2D eigenvalue weighted by Crippen LogP contribution is 2.38. The van der Waals surface area contributed by atoms with Crippen molar-refractivity contribution >= 4 is 5.97 Å². The molecule has 1 aromatic heterocycles. The van der Waals surface area contributed by atoms with Gasteiger partial charge in [0.2, 0.25) is 0 Å². The molecule has 0 spiro atoms. The molecule has 0 saturated carbocycles. The molecule has 6 rings (SSSR count). The first kappa shape index (κ1) is 23.5. The van der Waals surface area contributed by atoms with Crippen LogP contribution in [0.3, 0.4) is 0 Å². The van der Waals surface area contributed by atoms with Gasteiger partial charge in [-0.2, -0.15) is 0 Å². The zero-order valence-corrected chi connectivity index (χ0v) is 20.7. The number of aromatic nitrogens is 1. The van der Waals surface area contributed by atoms with Crippen molar-refractivity contribution in [3.05, 3.63) is 118 Å². The zero-order chi connectivity index (χ0) is 25.2. The molecule has 3 aromatic carbocycles. The Morgan fingerprint density at radius 3 is 2.65 bits per heavy atom. The third kappa shape index (κ3) is 5.02. The number of aliphatic carboxylic acids is 1. The number of benzene rings is 3. The van der Waals surface area contributed by atoms with Crippen LogP contribution in [0.1, 0.15) is 63.9 Å². The molecule has 1 aliphatic carbocycles. The van der Waals surface area contributed by atoms with Gasteiger partial charge in [-0.05, 0) is 64.8 Å². The minimum absolute atomic E-state index is 0.0215. The standard InChI is InChI=1S/C31H30N2O4/c34-31(35)18-28(29-15-17-36-32-29)22-8-10-25(11-9-22)37-30-13-12-26-24(6-3-7-27(26)30)20-33-16-14-21-4-1-2-5-23(21)19-33/h1-11,15,17,28,30H,12-14,16,18-20H2,(H,34,35)/t28-,30+/m0/s1. The average Bonchev–Trinajstić information content (AvgIpc) is 3.59. The van der Waals surface area contributed by atoms with E-state index in [1.807, 2.05) is 24.3 Å². The highest BCUT2D eigenvalue weighted by molar-refractivity contribution is 5.68. The fraction of sp³-hybridized carbons (Fsp3) is 0.290. The maximum absolute atomic E-state index is 11.4. The molecule has 0 amide bonds. The predicted octanol–water partition coefficient (Wildman–Crippen LogP) is 5.91. The second-order valence-electron chi connectivity index (χ2n) is 10.0. The highest BCUT2D eigenvalue weighted by Gasteiger charge is 2.27. The van der Waals surface area contributed by atoms with Crippen molar-refractivity contribution in [2.75, 3.05) is 6.54 Å². The molecule has 37 heavy (non-hydrogen) atoms. The van der Waals surface area contributed by atoms with Crippen molar-refractivity contribution in [2.45, 2.75) is 50.8 Å². The van der Waals surface area contributed by atoms with Gasteiger partial charge in [0.15, 0.2) is 0 Å². The van der Waals surface area contributed by atoms with E-state index in [2.05, 4.69) is 52.5 Å². The third-order valence-electron chi connectivity index (χ3n) is 7.67. The van der Waals surface area contributed by atoms with Crippen LogP contribution in [-0.4, -0.2) is 27.7 Å². The Balaban J connectivity index is 1.15. The molecule has 4 aromatic rings. The van der Waals surface area contributed by atoms with E-state index in [0.717, 1.165) is 50.2 Å². The van der Waals surface area contributed by atoms with Crippen molar-refractivity contribution < 1.29 is 19.2 Å². The minimum atomic E-state index is -0.875. The van der Waals surface area contributed by atoms with E-state index in [1.54, 1.807) is 6.07 Å². The molecule has 2 heterocycles. The van der Waals surface area contributed by atoms with Crippen LogP contribution in [-0.2, 0) is 30.7 Å². The van der Waals surface area contributed by atoms with E-state index in [9.17, 15) is 9.90 Å². The lowest BCUT2D eigenvalue weighted by atomic mass is 9.92. The van der Waals surface area contributed by atoms with Crippen molar-refractivity contribution in [3.63, 3.8) is 0 Å². The monoisotopic (exact) mass is 494 g/mol. The molecule has 0 radical (unpaired) electrons. The van der Waals surface area contributed by atoms with Crippen LogP contribution in [0.15, 0.2) is 83.6 Å². The van der Waals surface area contributed by atoms with Crippen LogP contribution < -0.4 is 4.74 Å². The zero-order valence-electron chi connectivity index (χ0n) is 20.7. The number of hydrogen-bond donors (Lipinski definition) is 1. The van der Waals surface area contributed by atoms with Gasteiger partial charge in [0.1, 0.15) is 18.1 Å². The van der Waals surface area contributed by atoms with Crippen LogP contribution in [0.25, 0.3) is 0 Å². The lowest BCUT2D eigenvalue weighted by Crippen LogP contribution is -2.30. The number of carboxylic acid groups (broad SMARTS) is 1. The van der Waals surface area contributed by atoms with Crippen LogP contribution in [0, 0.1) is 0 Å². The number of hydrogen-bond acceptors (Lipinski definition) is 5. The first-order chi connectivity index (χ1) is 18.1. The summed E-state index contributed by atoms with van der Waals surface area (Å²) >= 11 is 0. The second-order valence-corrected chi connectivity index (χ2v) is 10.0. The molecular formula is C31H30N2O4. The van der Waals surface area contributed by atoms with Gasteiger partial charge in [-0.3, -0.25) is 9.69 Å². The summed E-state index contributed by atoms with van der Waals surface area (Å²) in [6.45, 7) is 3.05. The maximum Gasteiger partial charge on any atom is 0.304 e. The Morgan fingerprint density at radius 1 is 1.03 bits per heavy atom. The predicted molar refractivity (Wildman–Crippen MR) is 139 cm³/mol. The van der Waals surface area contributed by atoms with Gasteiger partial charge in [0.25, 0.3) is 0 Å². The molecule has 6 heteroatoms.